The van der Waals surface area contributed by atoms with Gasteiger partial charge in [0.1, 0.15) is 0 Å². The van der Waals surface area contributed by atoms with Crippen LogP contribution >= 0.6 is 11.3 Å². The van der Waals surface area contributed by atoms with Crippen molar-refractivity contribution >= 4 is 22.9 Å². The first-order valence-corrected chi connectivity index (χ1v) is 8.15. The molecule has 1 unspecified atom stereocenters. The monoisotopic (exact) mass is 300 g/mol. The molecule has 0 spiro atoms. The highest BCUT2D eigenvalue weighted by molar-refractivity contribution is 7.10. The van der Waals surface area contributed by atoms with E-state index in [0.29, 0.717) is 12.0 Å². The van der Waals surface area contributed by atoms with Crippen LogP contribution in [0.5, 0.6) is 0 Å². The second-order valence-corrected chi connectivity index (χ2v) is 6.70. The molecule has 3 nitrogen and oxygen atoms in total. The number of nitrogens with one attached hydrogen (secondary N) is 1. The zero-order valence-corrected chi connectivity index (χ0v) is 13.2. The maximum Gasteiger partial charge on any atom is 0.255 e. The van der Waals surface area contributed by atoms with Crippen LogP contribution in [0.3, 0.4) is 0 Å². The fourth-order valence-electron chi connectivity index (χ4n) is 2.52. The van der Waals surface area contributed by atoms with Gasteiger partial charge >= 0.3 is 0 Å². The zero-order chi connectivity index (χ0) is 14.8. The van der Waals surface area contributed by atoms with E-state index in [4.69, 9.17) is 0 Å². The highest BCUT2D eigenvalue weighted by atomic mass is 32.1. The fourth-order valence-corrected chi connectivity index (χ4v) is 3.39. The van der Waals surface area contributed by atoms with Crippen molar-refractivity contribution in [1.82, 2.24) is 4.90 Å². The number of hydrogen-bond acceptors (Lipinski definition) is 3. The van der Waals surface area contributed by atoms with Crippen molar-refractivity contribution in [2.75, 3.05) is 19.4 Å². The molecule has 0 saturated heterocycles. The van der Waals surface area contributed by atoms with Crippen molar-refractivity contribution < 1.29 is 4.79 Å². The Morgan fingerprint density at radius 3 is 2.62 bits per heavy atom. The number of benzene rings is 1. The van der Waals surface area contributed by atoms with Crippen molar-refractivity contribution in [2.45, 2.75) is 18.9 Å². The van der Waals surface area contributed by atoms with Gasteiger partial charge in [0.15, 0.2) is 0 Å². The van der Waals surface area contributed by atoms with Gasteiger partial charge in [0.25, 0.3) is 5.91 Å². The molecule has 1 aromatic heterocycles. The van der Waals surface area contributed by atoms with Crippen LogP contribution < -0.4 is 5.32 Å². The van der Waals surface area contributed by atoms with E-state index in [1.165, 1.54) is 17.7 Å². The van der Waals surface area contributed by atoms with E-state index in [9.17, 15) is 4.79 Å². The van der Waals surface area contributed by atoms with Crippen LogP contribution in [0.2, 0.25) is 0 Å². The quantitative estimate of drug-likeness (QED) is 0.904. The second-order valence-electron chi connectivity index (χ2n) is 5.72. The number of anilines is 1. The topological polar surface area (TPSA) is 32.3 Å². The van der Waals surface area contributed by atoms with Crippen molar-refractivity contribution in [3.63, 3.8) is 0 Å². The van der Waals surface area contributed by atoms with Crippen molar-refractivity contribution in [1.29, 1.82) is 0 Å². The maximum atomic E-state index is 12.3. The summed E-state index contributed by atoms with van der Waals surface area (Å²) in [5.41, 5.74) is 1.67. The Balaban J connectivity index is 1.88. The standard InChI is InChI=1S/C17H20N2OS/c1-19(2)17(20)13-6-3-4-7-14(13)18-16(12-9-10-12)15-8-5-11-21-15/h3-8,11-12,16,18H,9-10H2,1-2H3. The van der Waals surface area contributed by atoms with Crippen LogP contribution in [0.1, 0.15) is 34.1 Å². The Bertz CT molecular complexity index is 617. The molecule has 0 bridgehead atoms. The third-order valence-electron chi connectivity index (χ3n) is 3.82. The summed E-state index contributed by atoms with van der Waals surface area (Å²) in [5.74, 6) is 0.727. The number of nitrogens with zero attached hydrogens (tertiary/aromatic N) is 1. The summed E-state index contributed by atoms with van der Waals surface area (Å²) in [7, 11) is 3.58. The van der Waals surface area contributed by atoms with Crippen LogP contribution in [0.4, 0.5) is 5.69 Å². The number of rotatable bonds is 5. The molecule has 3 rings (SSSR count). The van der Waals surface area contributed by atoms with Gasteiger partial charge in [-0.1, -0.05) is 18.2 Å². The minimum atomic E-state index is 0.0406. The van der Waals surface area contributed by atoms with Gasteiger partial charge in [-0.05, 0) is 42.3 Å². The van der Waals surface area contributed by atoms with Crippen molar-refractivity contribution in [2.24, 2.45) is 5.92 Å². The first-order chi connectivity index (χ1) is 10.2. The van der Waals surface area contributed by atoms with Gasteiger partial charge in [-0.3, -0.25) is 4.79 Å². The van der Waals surface area contributed by atoms with E-state index in [2.05, 4.69) is 22.8 Å². The second kappa shape index (κ2) is 5.90. The average molecular weight is 300 g/mol. The molecular formula is C17H20N2OS. The predicted octanol–water partition coefficient (Wildman–Crippen LogP) is 4.01. The molecule has 0 aliphatic heterocycles. The molecule has 1 aliphatic carbocycles. The number of thiophene rings is 1. The minimum absolute atomic E-state index is 0.0406. The van der Waals surface area contributed by atoms with Gasteiger partial charge in [-0.15, -0.1) is 11.3 Å². The molecule has 4 heteroatoms. The number of carbonyl (C=O) groups excluding carboxylic acids is 1. The third kappa shape index (κ3) is 3.10. The van der Waals surface area contributed by atoms with Gasteiger partial charge in [-0.2, -0.15) is 0 Å². The minimum Gasteiger partial charge on any atom is -0.376 e. The summed E-state index contributed by atoms with van der Waals surface area (Å²) in [5, 5.41) is 5.73. The first kappa shape index (κ1) is 14.1. The van der Waals surface area contributed by atoms with E-state index >= 15 is 0 Å². The first-order valence-electron chi connectivity index (χ1n) is 7.27. The van der Waals surface area contributed by atoms with Crippen LogP contribution in [-0.4, -0.2) is 24.9 Å². The van der Waals surface area contributed by atoms with E-state index in [-0.39, 0.29) is 5.91 Å². The summed E-state index contributed by atoms with van der Waals surface area (Å²) < 4.78 is 0. The molecule has 21 heavy (non-hydrogen) atoms. The lowest BCUT2D eigenvalue weighted by molar-refractivity contribution is 0.0828. The molecule has 1 aromatic carbocycles. The Kier molecular flexibility index (Phi) is 3.97. The molecule has 1 amide bonds. The van der Waals surface area contributed by atoms with E-state index < -0.39 is 0 Å². The summed E-state index contributed by atoms with van der Waals surface area (Å²) in [6.45, 7) is 0. The largest absolute Gasteiger partial charge is 0.376 e. The van der Waals surface area contributed by atoms with Crippen LogP contribution in [0.15, 0.2) is 41.8 Å². The summed E-state index contributed by atoms with van der Waals surface area (Å²) >= 11 is 1.78. The number of para-hydroxylation sites is 1. The van der Waals surface area contributed by atoms with E-state index in [0.717, 1.165) is 11.3 Å². The van der Waals surface area contributed by atoms with E-state index in [1.54, 1.807) is 30.3 Å². The highest BCUT2D eigenvalue weighted by Crippen LogP contribution is 2.44. The molecule has 1 fully saturated rings. The summed E-state index contributed by atoms with van der Waals surface area (Å²) in [6, 6.07) is 12.4. The normalized spacial score (nSPS) is 15.5. The molecule has 1 atom stereocenters. The number of amides is 1. The lowest BCUT2D eigenvalue weighted by atomic mass is 10.1. The van der Waals surface area contributed by atoms with E-state index in [1.807, 2.05) is 24.3 Å². The maximum absolute atomic E-state index is 12.3. The summed E-state index contributed by atoms with van der Waals surface area (Å²) in [4.78, 5) is 15.3. The Morgan fingerprint density at radius 1 is 1.24 bits per heavy atom. The number of carbonyl (C=O) groups is 1. The number of hydrogen-bond donors (Lipinski definition) is 1. The highest BCUT2D eigenvalue weighted by Gasteiger charge is 2.33. The molecule has 0 radical (unpaired) electrons. The fraction of sp³-hybridized carbons (Fsp3) is 0.353. The molecule has 110 valence electrons. The van der Waals surface area contributed by atoms with Gasteiger partial charge in [0.2, 0.25) is 0 Å². The van der Waals surface area contributed by atoms with Gasteiger partial charge in [-0.25, -0.2) is 0 Å². The predicted molar refractivity (Wildman–Crippen MR) is 87.9 cm³/mol. The smallest absolute Gasteiger partial charge is 0.255 e. The molecule has 1 N–H and O–H groups in total. The van der Waals surface area contributed by atoms with Crippen molar-refractivity contribution in [3.8, 4) is 0 Å². The Morgan fingerprint density at radius 2 is 2.00 bits per heavy atom. The third-order valence-corrected chi connectivity index (χ3v) is 4.77. The summed E-state index contributed by atoms with van der Waals surface area (Å²) in [6.07, 6.45) is 2.53. The molecular weight excluding hydrogens is 280 g/mol. The van der Waals surface area contributed by atoms with Gasteiger partial charge < -0.3 is 10.2 Å². The lowest BCUT2D eigenvalue weighted by Gasteiger charge is -2.21. The molecule has 1 saturated carbocycles. The lowest BCUT2D eigenvalue weighted by Crippen LogP contribution is -2.23. The van der Waals surface area contributed by atoms with Gasteiger partial charge in [0.05, 0.1) is 11.6 Å². The Labute approximate surface area is 129 Å². The van der Waals surface area contributed by atoms with Gasteiger partial charge in [0, 0.05) is 24.7 Å². The molecule has 1 aliphatic rings. The molecule has 2 aromatic rings. The van der Waals surface area contributed by atoms with Crippen LogP contribution in [0, 0.1) is 5.92 Å². The molecule has 1 heterocycles. The Hall–Kier alpha value is -1.81. The average Bonchev–Trinajstić information content (AvgIpc) is 3.18. The SMILES string of the molecule is CN(C)C(=O)c1ccccc1NC(c1cccs1)C1CC1. The van der Waals surface area contributed by atoms with Crippen LogP contribution in [0.25, 0.3) is 0 Å². The van der Waals surface area contributed by atoms with Crippen molar-refractivity contribution in [3.05, 3.63) is 52.2 Å². The van der Waals surface area contributed by atoms with Crippen LogP contribution in [-0.2, 0) is 0 Å². The zero-order valence-electron chi connectivity index (χ0n) is 12.4.